The molecule has 220 valence electrons. The number of methoxy groups -OCH3 is 1. The van der Waals surface area contributed by atoms with Crippen molar-refractivity contribution in [1.82, 2.24) is 25.0 Å². The molecular weight excluding hydrogens is 556 g/mol. The maximum atomic E-state index is 13.4. The number of fused-ring (bicyclic) bond motifs is 3. The normalized spacial score (nSPS) is 12.2. The number of ether oxygens (including phenoxy) is 1. The zero-order valence-corrected chi connectivity index (χ0v) is 25.2. The van der Waals surface area contributed by atoms with Crippen molar-refractivity contribution >= 4 is 45.3 Å². The molecule has 0 bridgehead atoms. The van der Waals surface area contributed by atoms with E-state index >= 15 is 0 Å². The van der Waals surface area contributed by atoms with Crippen LogP contribution in [0.1, 0.15) is 48.6 Å². The Morgan fingerprint density at radius 1 is 1.19 bits per heavy atom. The molecule has 2 aromatic carbocycles. The highest BCUT2D eigenvalue weighted by atomic mass is 35.5. The van der Waals surface area contributed by atoms with E-state index in [4.69, 9.17) is 25.8 Å². The first-order valence-electron chi connectivity index (χ1n) is 14.0. The Bertz CT molecular complexity index is 1720. The maximum absolute atomic E-state index is 13.4. The van der Waals surface area contributed by atoms with E-state index < -0.39 is 6.04 Å². The zero-order chi connectivity index (χ0) is 30.0. The SMILES string of the molecule is CCCN(CCO)C(=O)C[C@@H](Nc1nc(C)nc2[nH]c3cc(-c4c(C)noc4C)c(OC)cc3c12)c1cccc(Cl)c1. The minimum Gasteiger partial charge on any atom is -0.496 e. The summed E-state index contributed by atoms with van der Waals surface area (Å²) in [5, 5.41) is 19.4. The van der Waals surface area contributed by atoms with Gasteiger partial charge in [-0.05, 0) is 57.0 Å². The van der Waals surface area contributed by atoms with Crippen molar-refractivity contribution in [2.24, 2.45) is 0 Å². The van der Waals surface area contributed by atoms with E-state index in [2.05, 4.69) is 20.4 Å². The Balaban J connectivity index is 1.63. The van der Waals surface area contributed by atoms with Crippen LogP contribution in [-0.2, 0) is 4.79 Å². The predicted octanol–water partition coefficient (Wildman–Crippen LogP) is 6.13. The molecule has 0 fully saturated rings. The van der Waals surface area contributed by atoms with Gasteiger partial charge in [0.25, 0.3) is 0 Å². The number of hydrogen-bond donors (Lipinski definition) is 3. The van der Waals surface area contributed by atoms with Gasteiger partial charge in [-0.15, -0.1) is 0 Å². The minimum atomic E-state index is -0.444. The van der Waals surface area contributed by atoms with Gasteiger partial charge in [-0.3, -0.25) is 4.79 Å². The summed E-state index contributed by atoms with van der Waals surface area (Å²) >= 11 is 6.37. The number of rotatable bonds is 11. The lowest BCUT2D eigenvalue weighted by Crippen LogP contribution is -2.36. The third-order valence-corrected chi connectivity index (χ3v) is 7.58. The molecular formula is C31H35ClN6O4. The average molecular weight is 591 g/mol. The molecule has 3 N–H and O–H groups in total. The van der Waals surface area contributed by atoms with Crippen LogP contribution in [0.5, 0.6) is 5.75 Å². The predicted molar refractivity (Wildman–Crippen MR) is 164 cm³/mol. The number of nitrogens with one attached hydrogen (secondary N) is 2. The molecule has 10 nitrogen and oxygen atoms in total. The number of nitrogens with zero attached hydrogens (tertiary/aromatic N) is 4. The van der Waals surface area contributed by atoms with Crippen molar-refractivity contribution in [1.29, 1.82) is 0 Å². The number of carbonyl (C=O) groups excluding carboxylic acids is 1. The van der Waals surface area contributed by atoms with Crippen molar-refractivity contribution in [3.63, 3.8) is 0 Å². The molecule has 0 saturated carbocycles. The van der Waals surface area contributed by atoms with Crippen molar-refractivity contribution in [2.75, 3.05) is 32.1 Å². The number of aliphatic hydroxyl groups excluding tert-OH is 1. The molecule has 0 aliphatic heterocycles. The summed E-state index contributed by atoms with van der Waals surface area (Å²) in [6, 6.07) is 11.0. The molecule has 0 unspecified atom stereocenters. The number of aliphatic hydroxyl groups is 1. The highest BCUT2D eigenvalue weighted by molar-refractivity contribution is 6.30. The van der Waals surface area contributed by atoms with Gasteiger partial charge in [-0.25, -0.2) is 9.97 Å². The molecule has 0 spiro atoms. The first-order valence-corrected chi connectivity index (χ1v) is 14.3. The van der Waals surface area contributed by atoms with Gasteiger partial charge < -0.3 is 29.6 Å². The fourth-order valence-corrected chi connectivity index (χ4v) is 5.67. The second-order valence-corrected chi connectivity index (χ2v) is 10.8. The number of aryl methyl sites for hydroxylation is 3. The first-order chi connectivity index (χ1) is 20.2. The first kappa shape index (κ1) is 29.3. The van der Waals surface area contributed by atoms with Gasteiger partial charge in [0, 0.05) is 34.6 Å². The Labute approximate surface area is 249 Å². The van der Waals surface area contributed by atoms with Crippen LogP contribution in [0, 0.1) is 20.8 Å². The smallest absolute Gasteiger partial charge is 0.225 e. The lowest BCUT2D eigenvalue weighted by atomic mass is 10.0. The van der Waals surface area contributed by atoms with E-state index in [9.17, 15) is 9.90 Å². The van der Waals surface area contributed by atoms with Gasteiger partial charge >= 0.3 is 0 Å². The van der Waals surface area contributed by atoms with Crippen molar-refractivity contribution in [2.45, 2.75) is 46.6 Å². The number of amides is 1. The molecule has 0 aliphatic carbocycles. The van der Waals surface area contributed by atoms with Crippen molar-refractivity contribution < 1.29 is 19.2 Å². The summed E-state index contributed by atoms with van der Waals surface area (Å²) in [5.41, 5.74) is 4.85. The monoisotopic (exact) mass is 590 g/mol. The molecule has 0 saturated heterocycles. The molecule has 42 heavy (non-hydrogen) atoms. The second-order valence-electron chi connectivity index (χ2n) is 10.3. The van der Waals surface area contributed by atoms with Crippen LogP contribution in [0.15, 0.2) is 40.9 Å². The van der Waals surface area contributed by atoms with Gasteiger partial charge in [0.2, 0.25) is 5.91 Å². The lowest BCUT2D eigenvalue weighted by molar-refractivity contribution is -0.132. The van der Waals surface area contributed by atoms with Gasteiger partial charge in [0.15, 0.2) is 0 Å². The van der Waals surface area contributed by atoms with Gasteiger partial charge in [-0.2, -0.15) is 0 Å². The number of aromatic nitrogens is 4. The van der Waals surface area contributed by atoms with E-state index in [1.54, 1.807) is 18.1 Å². The molecule has 0 radical (unpaired) electrons. The van der Waals surface area contributed by atoms with Crippen LogP contribution in [0.25, 0.3) is 33.1 Å². The topological polar surface area (TPSA) is 129 Å². The van der Waals surface area contributed by atoms with Crippen LogP contribution < -0.4 is 10.1 Å². The molecule has 11 heteroatoms. The molecule has 5 aromatic rings. The van der Waals surface area contributed by atoms with E-state index in [1.807, 2.05) is 58.0 Å². The lowest BCUT2D eigenvalue weighted by Gasteiger charge is -2.26. The van der Waals surface area contributed by atoms with Crippen LogP contribution in [0.2, 0.25) is 5.02 Å². The van der Waals surface area contributed by atoms with Crippen molar-refractivity contribution in [3.05, 3.63) is 64.3 Å². The molecule has 3 heterocycles. The Morgan fingerprint density at radius 2 is 2.00 bits per heavy atom. The van der Waals surface area contributed by atoms with E-state index in [0.29, 0.717) is 40.4 Å². The number of anilines is 1. The fourth-order valence-electron chi connectivity index (χ4n) is 5.47. The zero-order valence-electron chi connectivity index (χ0n) is 24.4. The Morgan fingerprint density at radius 3 is 2.67 bits per heavy atom. The molecule has 1 atom stereocenters. The fraction of sp³-hybridized carbons (Fsp3) is 0.355. The summed E-state index contributed by atoms with van der Waals surface area (Å²) < 4.78 is 11.3. The Kier molecular flexibility index (Phi) is 8.65. The summed E-state index contributed by atoms with van der Waals surface area (Å²) in [6.45, 7) is 8.36. The van der Waals surface area contributed by atoms with Gasteiger partial charge in [0.05, 0.1) is 42.8 Å². The van der Waals surface area contributed by atoms with E-state index in [-0.39, 0.29) is 25.5 Å². The number of hydrogen-bond acceptors (Lipinski definition) is 8. The van der Waals surface area contributed by atoms with E-state index in [0.717, 1.165) is 45.1 Å². The van der Waals surface area contributed by atoms with Crippen LogP contribution >= 0.6 is 11.6 Å². The summed E-state index contributed by atoms with van der Waals surface area (Å²) in [4.78, 5) is 28.0. The maximum Gasteiger partial charge on any atom is 0.225 e. The quantitative estimate of drug-likeness (QED) is 0.168. The minimum absolute atomic E-state index is 0.0740. The standard InChI is InChI=1S/C31H35ClN6O4/c1-6-10-38(11-12-39)27(40)16-24(20-8-7-9-21(32)13-20)35-30-29-22-15-26(41-5)23(28-17(2)37-42-18(28)3)14-25(22)36-31(29)34-19(4)33-30/h7-9,13-15,24,39H,6,10-12,16H2,1-5H3,(H2,33,34,35,36)/t24-/m1/s1. The number of benzene rings is 2. The summed E-state index contributed by atoms with van der Waals surface area (Å²) in [6.07, 6.45) is 0.937. The average Bonchev–Trinajstić information content (AvgIpc) is 3.49. The molecule has 0 aliphatic rings. The van der Waals surface area contributed by atoms with Crippen LogP contribution in [0.4, 0.5) is 5.82 Å². The molecule has 3 aromatic heterocycles. The van der Waals surface area contributed by atoms with Crippen LogP contribution in [-0.4, -0.2) is 62.8 Å². The number of halogens is 1. The van der Waals surface area contributed by atoms with Gasteiger partial charge in [0.1, 0.15) is 28.8 Å². The number of aromatic amines is 1. The van der Waals surface area contributed by atoms with Gasteiger partial charge in [-0.1, -0.05) is 35.8 Å². The molecule has 1 amide bonds. The Hall–Kier alpha value is -4.15. The number of carbonyl (C=O) groups is 1. The summed E-state index contributed by atoms with van der Waals surface area (Å²) in [5.74, 6) is 2.43. The highest BCUT2D eigenvalue weighted by Crippen LogP contribution is 2.41. The van der Waals surface area contributed by atoms with E-state index in [1.165, 1.54) is 0 Å². The van der Waals surface area contributed by atoms with Crippen molar-refractivity contribution in [3.8, 4) is 16.9 Å². The second kappa shape index (κ2) is 12.4. The number of H-pyrrole nitrogens is 1. The molecule has 5 rings (SSSR count). The van der Waals surface area contributed by atoms with Crippen LogP contribution in [0.3, 0.4) is 0 Å². The summed E-state index contributed by atoms with van der Waals surface area (Å²) in [7, 11) is 1.63. The third-order valence-electron chi connectivity index (χ3n) is 7.34. The highest BCUT2D eigenvalue weighted by Gasteiger charge is 2.24. The largest absolute Gasteiger partial charge is 0.496 e. The third kappa shape index (κ3) is 5.77.